The first-order valence-corrected chi connectivity index (χ1v) is 7.42. The van der Waals surface area contributed by atoms with Gasteiger partial charge in [0.2, 0.25) is 0 Å². The van der Waals surface area contributed by atoms with E-state index in [-0.39, 0.29) is 5.82 Å². The molecule has 0 aliphatic rings. The highest BCUT2D eigenvalue weighted by atomic mass is 79.9. The van der Waals surface area contributed by atoms with E-state index in [1.807, 2.05) is 6.20 Å². The minimum Gasteiger partial charge on any atom is -0.312 e. The van der Waals surface area contributed by atoms with Crippen LogP contribution in [-0.4, -0.2) is 11.5 Å². The molecule has 1 aromatic heterocycles. The molecule has 1 heterocycles. The molecule has 5 heteroatoms. The van der Waals surface area contributed by atoms with Gasteiger partial charge in [-0.15, -0.1) is 11.3 Å². The smallest absolute Gasteiger partial charge is 0.133 e. The predicted octanol–water partition coefficient (Wildman–Crippen LogP) is 4.21. The standard InChI is InChI=1S/C13H14BrFN2S/c1-2-5-16-7-10-8-17-13(18-10)11-6-9(14)3-4-12(11)15/h3-4,6,8,16H,2,5,7H2,1H3. The summed E-state index contributed by atoms with van der Waals surface area (Å²) in [5.74, 6) is -0.236. The number of nitrogens with one attached hydrogen (secondary N) is 1. The van der Waals surface area contributed by atoms with Crippen LogP contribution in [0.2, 0.25) is 0 Å². The van der Waals surface area contributed by atoms with Crippen LogP contribution in [0.3, 0.4) is 0 Å². The summed E-state index contributed by atoms with van der Waals surface area (Å²) in [4.78, 5) is 5.41. The molecular formula is C13H14BrFN2S. The third kappa shape index (κ3) is 3.37. The van der Waals surface area contributed by atoms with Crippen molar-refractivity contribution in [2.24, 2.45) is 0 Å². The maximum Gasteiger partial charge on any atom is 0.133 e. The number of halogens is 2. The molecular weight excluding hydrogens is 315 g/mol. The molecule has 0 saturated carbocycles. The van der Waals surface area contributed by atoms with Gasteiger partial charge in [-0.25, -0.2) is 9.37 Å². The summed E-state index contributed by atoms with van der Waals surface area (Å²) in [6.45, 7) is 3.90. The van der Waals surface area contributed by atoms with Crippen LogP contribution < -0.4 is 5.32 Å². The van der Waals surface area contributed by atoms with Crippen molar-refractivity contribution in [3.63, 3.8) is 0 Å². The van der Waals surface area contributed by atoms with Crippen molar-refractivity contribution < 1.29 is 4.39 Å². The zero-order valence-corrected chi connectivity index (χ0v) is 12.4. The van der Waals surface area contributed by atoms with Crippen LogP contribution in [0.5, 0.6) is 0 Å². The summed E-state index contributed by atoms with van der Waals surface area (Å²) in [5, 5.41) is 4.03. The molecule has 0 spiro atoms. The van der Waals surface area contributed by atoms with Gasteiger partial charge < -0.3 is 5.32 Å². The first kappa shape index (κ1) is 13.6. The third-order valence-corrected chi connectivity index (χ3v) is 3.96. The van der Waals surface area contributed by atoms with Crippen LogP contribution in [0.25, 0.3) is 10.6 Å². The zero-order valence-electron chi connectivity index (χ0n) is 10.0. The molecule has 0 aliphatic heterocycles. The molecule has 0 saturated heterocycles. The van der Waals surface area contributed by atoms with Gasteiger partial charge in [-0.2, -0.15) is 0 Å². The molecule has 2 aromatic rings. The van der Waals surface area contributed by atoms with Gasteiger partial charge in [-0.1, -0.05) is 22.9 Å². The molecule has 0 atom stereocenters. The number of nitrogens with zero attached hydrogens (tertiary/aromatic N) is 1. The van der Waals surface area contributed by atoms with Gasteiger partial charge in [0.25, 0.3) is 0 Å². The quantitative estimate of drug-likeness (QED) is 0.831. The highest BCUT2D eigenvalue weighted by molar-refractivity contribution is 9.10. The lowest BCUT2D eigenvalue weighted by Crippen LogP contribution is -2.12. The molecule has 0 bridgehead atoms. The SMILES string of the molecule is CCCNCc1cnc(-c2cc(Br)ccc2F)s1. The zero-order chi connectivity index (χ0) is 13.0. The van der Waals surface area contributed by atoms with Crippen LogP contribution in [-0.2, 0) is 6.54 Å². The predicted molar refractivity (Wildman–Crippen MR) is 77.2 cm³/mol. The Kier molecular flexibility index (Phi) is 4.86. The highest BCUT2D eigenvalue weighted by Gasteiger charge is 2.10. The average molecular weight is 329 g/mol. The Morgan fingerprint density at radius 3 is 3.06 bits per heavy atom. The van der Waals surface area contributed by atoms with Gasteiger partial charge in [0, 0.05) is 27.7 Å². The number of rotatable bonds is 5. The number of hydrogen-bond acceptors (Lipinski definition) is 3. The lowest BCUT2D eigenvalue weighted by atomic mass is 10.2. The fourth-order valence-electron chi connectivity index (χ4n) is 1.56. The van der Waals surface area contributed by atoms with Gasteiger partial charge in [-0.05, 0) is 31.2 Å². The first-order chi connectivity index (χ1) is 8.70. The Hall–Kier alpha value is -0.780. The second-order valence-corrected chi connectivity index (χ2v) is 5.96. The molecule has 0 aliphatic carbocycles. The lowest BCUT2D eigenvalue weighted by molar-refractivity contribution is 0.631. The fourth-order valence-corrected chi connectivity index (χ4v) is 2.82. The minimum absolute atomic E-state index is 0.236. The maximum absolute atomic E-state index is 13.7. The summed E-state index contributed by atoms with van der Waals surface area (Å²) in [5.41, 5.74) is 0.552. The maximum atomic E-state index is 13.7. The molecule has 2 nitrogen and oxygen atoms in total. The third-order valence-electron chi connectivity index (χ3n) is 2.44. The topological polar surface area (TPSA) is 24.9 Å². The van der Waals surface area contributed by atoms with Gasteiger partial charge in [0.05, 0.1) is 0 Å². The van der Waals surface area contributed by atoms with E-state index in [2.05, 4.69) is 33.2 Å². The second-order valence-electron chi connectivity index (χ2n) is 3.93. The van der Waals surface area contributed by atoms with Crippen molar-refractivity contribution in [1.82, 2.24) is 10.3 Å². The molecule has 0 fully saturated rings. The number of benzene rings is 1. The van der Waals surface area contributed by atoms with Gasteiger partial charge in [0.15, 0.2) is 0 Å². The molecule has 1 N–H and O–H groups in total. The van der Waals surface area contributed by atoms with E-state index in [9.17, 15) is 4.39 Å². The van der Waals surface area contributed by atoms with Gasteiger partial charge >= 0.3 is 0 Å². The average Bonchev–Trinajstić information content (AvgIpc) is 2.81. The van der Waals surface area contributed by atoms with Crippen molar-refractivity contribution in [2.75, 3.05) is 6.54 Å². The molecule has 0 unspecified atom stereocenters. The molecule has 0 radical (unpaired) electrons. The lowest BCUT2D eigenvalue weighted by Gasteiger charge is -2.00. The van der Waals surface area contributed by atoms with Crippen LogP contribution in [0.1, 0.15) is 18.2 Å². The van der Waals surface area contributed by atoms with Crippen molar-refractivity contribution in [3.8, 4) is 10.6 Å². The van der Waals surface area contributed by atoms with Gasteiger partial charge in [0.1, 0.15) is 10.8 Å². The Morgan fingerprint density at radius 2 is 2.28 bits per heavy atom. The Balaban J connectivity index is 2.16. The summed E-state index contributed by atoms with van der Waals surface area (Å²) in [6.07, 6.45) is 2.91. The minimum atomic E-state index is -0.236. The number of hydrogen-bond donors (Lipinski definition) is 1. The highest BCUT2D eigenvalue weighted by Crippen LogP contribution is 2.29. The van der Waals surface area contributed by atoms with E-state index in [4.69, 9.17) is 0 Å². The second kappa shape index (κ2) is 6.41. The summed E-state index contributed by atoms with van der Waals surface area (Å²) in [7, 11) is 0. The Labute approximate surface area is 118 Å². The van der Waals surface area contributed by atoms with Crippen LogP contribution >= 0.6 is 27.3 Å². The van der Waals surface area contributed by atoms with Crippen molar-refractivity contribution in [3.05, 3.63) is 39.6 Å². The van der Waals surface area contributed by atoms with Crippen molar-refractivity contribution in [2.45, 2.75) is 19.9 Å². The fraction of sp³-hybridized carbons (Fsp3) is 0.308. The van der Waals surface area contributed by atoms with E-state index in [1.54, 1.807) is 12.1 Å². The van der Waals surface area contributed by atoms with Crippen molar-refractivity contribution >= 4 is 27.3 Å². The van der Waals surface area contributed by atoms with Crippen LogP contribution in [0.4, 0.5) is 4.39 Å². The number of thiazole rings is 1. The van der Waals surface area contributed by atoms with E-state index in [0.717, 1.165) is 33.9 Å². The van der Waals surface area contributed by atoms with E-state index >= 15 is 0 Å². The molecule has 1 aromatic carbocycles. The van der Waals surface area contributed by atoms with Crippen molar-refractivity contribution in [1.29, 1.82) is 0 Å². The number of aromatic nitrogens is 1. The van der Waals surface area contributed by atoms with E-state index in [0.29, 0.717) is 5.56 Å². The molecule has 0 amide bonds. The van der Waals surface area contributed by atoms with Crippen LogP contribution in [0, 0.1) is 5.82 Å². The van der Waals surface area contributed by atoms with E-state index in [1.165, 1.54) is 17.4 Å². The normalized spacial score (nSPS) is 10.8. The monoisotopic (exact) mass is 328 g/mol. The first-order valence-electron chi connectivity index (χ1n) is 5.81. The Morgan fingerprint density at radius 1 is 1.44 bits per heavy atom. The molecule has 2 rings (SSSR count). The summed E-state index contributed by atoms with van der Waals surface area (Å²) >= 11 is 4.87. The molecule has 96 valence electrons. The summed E-state index contributed by atoms with van der Waals surface area (Å²) < 4.78 is 14.6. The largest absolute Gasteiger partial charge is 0.312 e. The van der Waals surface area contributed by atoms with E-state index < -0.39 is 0 Å². The summed E-state index contributed by atoms with van der Waals surface area (Å²) in [6, 6.07) is 4.91. The Bertz CT molecular complexity index is 527. The molecule has 18 heavy (non-hydrogen) atoms. The van der Waals surface area contributed by atoms with Crippen LogP contribution in [0.15, 0.2) is 28.9 Å². The van der Waals surface area contributed by atoms with Gasteiger partial charge in [-0.3, -0.25) is 0 Å².